The van der Waals surface area contributed by atoms with E-state index in [1.807, 2.05) is 25.1 Å². The average Bonchev–Trinajstić information content (AvgIpc) is 2.52. The molecule has 0 aliphatic heterocycles. The molecule has 23 heavy (non-hydrogen) atoms. The van der Waals surface area contributed by atoms with Gasteiger partial charge in [-0.2, -0.15) is 0 Å². The Morgan fingerprint density at radius 1 is 1.13 bits per heavy atom. The van der Waals surface area contributed by atoms with Crippen LogP contribution in [-0.4, -0.2) is 55.8 Å². The molecule has 0 saturated heterocycles. The second kappa shape index (κ2) is 9.57. The number of hydrogen-bond donors (Lipinski definition) is 0. The normalized spacial score (nSPS) is 10.1. The van der Waals surface area contributed by atoms with Crippen molar-refractivity contribution < 1.29 is 23.9 Å². The van der Waals surface area contributed by atoms with Gasteiger partial charge < -0.3 is 14.4 Å². The number of aryl methyl sites for hydroxylation is 1. The summed E-state index contributed by atoms with van der Waals surface area (Å²) in [5, 5.41) is 0. The van der Waals surface area contributed by atoms with Crippen LogP contribution >= 0.6 is 27.7 Å². The average molecular weight is 404 g/mol. The molecular formula is C15H18BrNO5S. The fourth-order valence-corrected chi connectivity index (χ4v) is 3.07. The molecule has 1 rings (SSSR count). The van der Waals surface area contributed by atoms with E-state index in [0.717, 1.165) is 19.8 Å². The Hall–Kier alpha value is -1.54. The van der Waals surface area contributed by atoms with Crippen molar-refractivity contribution in [3.8, 4) is 0 Å². The SMILES string of the molecule is COC(=O)CN(CC(=O)OC)C(=O)CSc1ccc(Br)cc1C. The van der Waals surface area contributed by atoms with E-state index in [1.165, 1.54) is 26.0 Å². The van der Waals surface area contributed by atoms with Crippen molar-refractivity contribution in [1.29, 1.82) is 0 Å². The minimum absolute atomic E-state index is 0.108. The fraction of sp³-hybridized carbons (Fsp3) is 0.400. The van der Waals surface area contributed by atoms with E-state index in [9.17, 15) is 14.4 Å². The maximum absolute atomic E-state index is 12.3. The number of ether oxygens (including phenoxy) is 2. The number of halogens is 1. The second-order valence-corrected chi connectivity index (χ2v) is 6.53. The second-order valence-electron chi connectivity index (χ2n) is 4.60. The summed E-state index contributed by atoms with van der Waals surface area (Å²) in [5.41, 5.74) is 1.03. The maximum Gasteiger partial charge on any atom is 0.325 e. The summed E-state index contributed by atoms with van der Waals surface area (Å²) in [7, 11) is 2.45. The van der Waals surface area contributed by atoms with Crippen LogP contribution in [0.2, 0.25) is 0 Å². The Labute approximate surface area is 147 Å². The number of hydrogen-bond acceptors (Lipinski definition) is 6. The van der Waals surface area contributed by atoms with Gasteiger partial charge in [-0.15, -0.1) is 11.8 Å². The topological polar surface area (TPSA) is 72.9 Å². The summed E-state index contributed by atoms with van der Waals surface area (Å²) >= 11 is 4.73. The van der Waals surface area contributed by atoms with Crippen LogP contribution in [0.25, 0.3) is 0 Å². The van der Waals surface area contributed by atoms with Gasteiger partial charge >= 0.3 is 11.9 Å². The van der Waals surface area contributed by atoms with Gasteiger partial charge in [-0.3, -0.25) is 14.4 Å². The monoisotopic (exact) mass is 403 g/mol. The third-order valence-electron chi connectivity index (χ3n) is 2.94. The molecule has 1 aromatic carbocycles. The molecule has 1 aromatic rings. The Balaban J connectivity index is 2.71. The standard InChI is InChI=1S/C15H18BrNO5S/c1-10-6-11(16)4-5-12(10)23-9-13(18)17(7-14(19)21-2)8-15(20)22-3/h4-6H,7-9H2,1-3H3. The molecule has 0 unspecified atom stereocenters. The first-order valence-corrected chi connectivity index (χ1v) is 8.45. The zero-order valence-electron chi connectivity index (χ0n) is 13.1. The third-order valence-corrected chi connectivity index (χ3v) is 4.59. The highest BCUT2D eigenvalue weighted by molar-refractivity contribution is 9.10. The first kappa shape index (κ1) is 19.5. The maximum atomic E-state index is 12.3. The van der Waals surface area contributed by atoms with Crippen LogP contribution in [0.3, 0.4) is 0 Å². The van der Waals surface area contributed by atoms with Crippen LogP contribution in [0.5, 0.6) is 0 Å². The van der Waals surface area contributed by atoms with E-state index >= 15 is 0 Å². The number of benzene rings is 1. The zero-order valence-corrected chi connectivity index (χ0v) is 15.5. The summed E-state index contributed by atoms with van der Waals surface area (Å²) in [6.45, 7) is 1.37. The van der Waals surface area contributed by atoms with Crippen molar-refractivity contribution in [2.45, 2.75) is 11.8 Å². The van der Waals surface area contributed by atoms with Crippen LogP contribution in [0.15, 0.2) is 27.6 Å². The first-order valence-electron chi connectivity index (χ1n) is 6.67. The lowest BCUT2D eigenvalue weighted by atomic mass is 10.2. The van der Waals surface area contributed by atoms with E-state index in [4.69, 9.17) is 0 Å². The van der Waals surface area contributed by atoms with Crippen molar-refractivity contribution in [3.05, 3.63) is 28.2 Å². The Kier molecular flexibility index (Phi) is 8.11. The number of rotatable bonds is 7. The zero-order chi connectivity index (χ0) is 17.4. The molecule has 0 aliphatic carbocycles. The molecule has 0 aliphatic rings. The molecule has 0 spiro atoms. The van der Waals surface area contributed by atoms with Gasteiger partial charge in [0.05, 0.1) is 20.0 Å². The lowest BCUT2D eigenvalue weighted by Crippen LogP contribution is -2.41. The molecule has 126 valence electrons. The lowest BCUT2D eigenvalue weighted by Gasteiger charge is -2.20. The van der Waals surface area contributed by atoms with E-state index in [-0.39, 0.29) is 24.7 Å². The number of carbonyl (C=O) groups is 3. The van der Waals surface area contributed by atoms with Gasteiger partial charge in [0.2, 0.25) is 5.91 Å². The quantitative estimate of drug-likeness (QED) is 0.512. The fourth-order valence-electron chi connectivity index (χ4n) is 1.68. The molecule has 0 bridgehead atoms. The van der Waals surface area contributed by atoms with Gasteiger partial charge in [-0.05, 0) is 30.7 Å². The molecule has 0 N–H and O–H groups in total. The summed E-state index contributed by atoms with van der Waals surface area (Å²) in [5.74, 6) is -1.41. The minimum atomic E-state index is -0.591. The van der Waals surface area contributed by atoms with Gasteiger partial charge in [-0.1, -0.05) is 15.9 Å². The van der Waals surface area contributed by atoms with Gasteiger partial charge in [0, 0.05) is 9.37 Å². The number of carbonyl (C=O) groups excluding carboxylic acids is 3. The van der Waals surface area contributed by atoms with Crippen LogP contribution in [0.1, 0.15) is 5.56 Å². The Morgan fingerprint density at radius 2 is 1.70 bits per heavy atom. The van der Waals surface area contributed by atoms with Gasteiger partial charge in [0.15, 0.2) is 0 Å². The minimum Gasteiger partial charge on any atom is -0.468 e. The predicted octanol–water partition coefficient (Wildman–Crippen LogP) is 2.02. The number of amides is 1. The number of methoxy groups -OCH3 is 2. The number of esters is 2. The summed E-state index contributed by atoms with van der Waals surface area (Å²) in [4.78, 5) is 37.1. The molecule has 0 aromatic heterocycles. The van der Waals surface area contributed by atoms with Crippen molar-refractivity contribution in [2.24, 2.45) is 0 Å². The molecule has 0 heterocycles. The van der Waals surface area contributed by atoms with E-state index in [0.29, 0.717) is 0 Å². The van der Waals surface area contributed by atoms with Gasteiger partial charge in [0.1, 0.15) is 13.1 Å². The van der Waals surface area contributed by atoms with Crippen LogP contribution in [-0.2, 0) is 23.9 Å². The van der Waals surface area contributed by atoms with E-state index in [2.05, 4.69) is 25.4 Å². The number of thioether (sulfide) groups is 1. The Morgan fingerprint density at radius 3 is 2.17 bits per heavy atom. The van der Waals surface area contributed by atoms with E-state index in [1.54, 1.807) is 0 Å². The van der Waals surface area contributed by atoms with Gasteiger partial charge in [-0.25, -0.2) is 0 Å². The number of nitrogens with zero attached hydrogens (tertiary/aromatic N) is 1. The molecule has 0 fully saturated rings. The van der Waals surface area contributed by atoms with Crippen LogP contribution < -0.4 is 0 Å². The summed E-state index contributed by atoms with van der Waals surface area (Å²) < 4.78 is 10.1. The first-order chi connectivity index (χ1) is 10.9. The van der Waals surface area contributed by atoms with Crippen molar-refractivity contribution >= 4 is 45.5 Å². The van der Waals surface area contributed by atoms with Crippen molar-refractivity contribution in [1.82, 2.24) is 4.90 Å². The third kappa shape index (κ3) is 6.62. The molecule has 8 heteroatoms. The lowest BCUT2D eigenvalue weighted by molar-refractivity contribution is -0.151. The van der Waals surface area contributed by atoms with Crippen molar-refractivity contribution in [3.63, 3.8) is 0 Å². The highest BCUT2D eigenvalue weighted by Gasteiger charge is 2.21. The molecule has 0 saturated carbocycles. The van der Waals surface area contributed by atoms with Gasteiger partial charge in [0.25, 0.3) is 0 Å². The predicted molar refractivity (Wildman–Crippen MR) is 90.2 cm³/mol. The molecule has 0 radical (unpaired) electrons. The molecular weight excluding hydrogens is 386 g/mol. The Bertz CT molecular complexity index is 575. The largest absolute Gasteiger partial charge is 0.468 e. The van der Waals surface area contributed by atoms with E-state index < -0.39 is 11.9 Å². The smallest absolute Gasteiger partial charge is 0.325 e. The van der Waals surface area contributed by atoms with Crippen LogP contribution in [0, 0.1) is 6.92 Å². The highest BCUT2D eigenvalue weighted by atomic mass is 79.9. The summed E-state index contributed by atoms with van der Waals surface area (Å²) in [6.07, 6.45) is 0. The van der Waals surface area contributed by atoms with Crippen LogP contribution in [0.4, 0.5) is 0 Å². The highest BCUT2D eigenvalue weighted by Crippen LogP contribution is 2.25. The van der Waals surface area contributed by atoms with Crippen molar-refractivity contribution in [2.75, 3.05) is 33.1 Å². The molecule has 0 atom stereocenters. The molecule has 6 nitrogen and oxygen atoms in total. The summed E-state index contributed by atoms with van der Waals surface area (Å²) in [6, 6.07) is 5.75. The molecule has 1 amide bonds.